The van der Waals surface area contributed by atoms with Gasteiger partial charge in [-0.05, 0) is 42.7 Å². The Bertz CT molecular complexity index is 1360. The number of rotatable bonds is 6. The molecule has 1 aliphatic rings. The van der Waals surface area contributed by atoms with Crippen molar-refractivity contribution < 1.29 is 9.59 Å². The van der Waals surface area contributed by atoms with E-state index in [0.717, 1.165) is 36.6 Å². The van der Waals surface area contributed by atoms with Crippen LogP contribution in [0.25, 0.3) is 10.9 Å². The molecule has 182 valence electrons. The van der Waals surface area contributed by atoms with Crippen LogP contribution in [0.3, 0.4) is 0 Å². The first-order valence-electron chi connectivity index (χ1n) is 12.1. The number of benzene rings is 2. The van der Waals surface area contributed by atoms with Crippen molar-refractivity contribution in [1.29, 1.82) is 0 Å². The second kappa shape index (κ2) is 10.8. The number of amides is 2. The maximum Gasteiger partial charge on any atom is 0.279 e. The number of fused-ring (bicyclic) bond motifs is 1. The van der Waals surface area contributed by atoms with Crippen molar-refractivity contribution in [3.63, 3.8) is 0 Å². The predicted molar refractivity (Wildman–Crippen MR) is 140 cm³/mol. The second-order valence-corrected chi connectivity index (χ2v) is 9.39. The van der Waals surface area contributed by atoms with Gasteiger partial charge in [-0.2, -0.15) is 0 Å². The summed E-state index contributed by atoms with van der Waals surface area (Å²) in [4.78, 5) is 42.2. The van der Waals surface area contributed by atoms with Crippen LogP contribution < -0.4 is 10.2 Å². The number of nitrogens with zero attached hydrogens (tertiary/aromatic N) is 4. The molecule has 0 saturated heterocycles. The highest BCUT2D eigenvalue weighted by molar-refractivity contribution is 6.30. The summed E-state index contributed by atoms with van der Waals surface area (Å²) in [7, 11) is 0. The molecular formula is C28H26ClN5O2. The Morgan fingerprint density at radius 2 is 1.72 bits per heavy atom. The van der Waals surface area contributed by atoms with Crippen LogP contribution in [0.15, 0.2) is 79.4 Å². The van der Waals surface area contributed by atoms with E-state index in [-0.39, 0.29) is 17.6 Å². The van der Waals surface area contributed by atoms with E-state index in [1.54, 1.807) is 30.5 Å². The third-order valence-corrected chi connectivity index (χ3v) is 6.75. The lowest BCUT2D eigenvalue weighted by atomic mass is 9.94. The van der Waals surface area contributed by atoms with Crippen LogP contribution in [0.2, 0.25) is 5.02 Å². The van der Waals surface area contributed by atoms with Gasteiger partial charge in [0, 0.05) is 28.8 Å². The maximum absolute atomic E-state index is 13.9. The first-order chi connectivity index (χ1) is 17.6. The summed E-state index contributed by atoms with van der Waals surface area (Å²) in [6, 6.07) is 15.6. The number of aromatic nitrogens is 3. The smallest absolute Gasteiger partial charge is 0.279 e. The van der Waals surface area contributed by atoms with Gasteiger partial charge >= 0.3 is 0 Å². The highest BCUT2D eigenvalue weighted by atomic mass is 35.5. The number of anilines is 1. The molecule has 0 spiro atoms. The molecule has 2 heterocycles. The molecule has 2 amide bonds. The van der Waals surface area contributed by atoms with Crippen molar-refractivity contribution in [3.05, 3.63) is 95.7 Å². The fourth-order valence-electron chi connectivity index (χ4n) is 4.70. The Morgan fingerprint density at radius 3 is 2.47 bits per heavy atom. The lowest BCUT2D eigenvalue weighted by molar-refractivity contribution is -0.123. The molecule has 36 heavy (non-hydrogen) atoms. The summed E-state index contributed by atoms with van der Waals surface area (Å²) < 4.78 is 0. The van der Waals surface area contributed by atoms with E-state index in [1.165, 1.54) is 29.9 Å². The van der Waals surface area contributed by atoms with Crippen molar-refractivity contribution in [1.82, 2.24) is 20.3 Å². The number of pyridine rings is 1. The highest BCUT2D eigenvalue weighted by Crippen LogP contribution is 2.32. The molecule has 0 radical (unpaired) electrons. The molecule has 8 heteroatoms. The van der Waals surface area contributed by atoms with E-state index >= 15 is 0 Å². The number of carbonyl (C=O) groups is 2. The standard InChI is InChI=1S/C28H26ClN5O2/c29-21-12-10-19(11-13-21)26(27(35)33-22-7-2-1-3-8-22)34(28(36)25-18-30-14-15-31-25)23-16-20-6-4-5-9-24(20)32-17-23/h4-6,9-18,22,26H,1-3,7-8H2,(H,33,35)/t26-/m0/s1. The molecule has 2 aromatic carbocycles. The zero-order valence-corrected chi connectivity index (χ0v) is 20.4. The predicted octanol–water partition coefficient (Wildman–Crippen LogP) is 5.52. The first-order valence-corrected chi connectivity index (χ1v) is 12.5. The molecule has 1 fully saturated rings. The largest absolute Gasteiger partial charge is 0.351 e. The van der Waals surface area contributed by atoms with Gasteiger partial charge in [0.15, 0.2) is 0 Å². The molecule has 1 N–H and O–H groups in total. The number of para-hydroxylation sites is 1. The average Bonchev–Trinajstić information content (AvgIpc) is 2.93. The van der Waals surface area contributed by atoms with Crippen molar-refractivity contribution in [2.45, 2.75) is 44.2 Å². The summed E-state index contributed by atoms with van der Waals surface area (Å²) in [5, 5.41) is 4.61. The van der Waals surface area contributed by atoms with Gasteiger partial charge in [0.2, 0.25) is 5.91 Å². The lowest BCUT2D eigenvalue weighted by Crippen LogP contribution is -2.47. The molecule has 0 aliphatic heterocycles. The van der Waals surface area contributed by atoms with Crippen LogP contribution in [-0.2, 0) is 4.79 Å². The Hall–Kier alpha value is -3.84. The summed E-state index contributed by atoms with van der Waals surface area (Å²) in [6.45, 7) is 0. The quantitative estimate of drug-likeness (QED) is 0.377. The minimum Gasteiger partial charge on any atom is -0.351 e. The first kappa shape index (κ1) is 23.9. The van der Waals surface area contributed by atoms with Gasteiger partial charge in [0.1, 0.15) is 11.7 Å². The van der Waals surface area contributed by atoms with Gasteiger partial charge in [-0.1, -0.05) is 61.2 Å². The maximum atomic E-state index is 13.9. The molecule has 0 bridgehead atoms. The fraction of sp³-hybridized carbons (Fsp3) is 0.250. The third-order valence-electron chi connectivity index (χ3n) is 6.50. The Kier molecular flexibility index (Phi) is 7.18. The van der Waals surface area contributed by atoms with Gasteiger partial charge in [-0.3, -0.25) is 24.5 Å². The zero-order valence-electron chi connectivity index (χ0n) is 19.7. The topological polar surface area (TPSA) is 88.1 Å². The summed E-state index contributed by atoms with van der Waals surface area (Å²) in [5.41, 5.74) is 2.05. The summed E-state index contributed by atoms with van der Waals surface area (Å²) in [5.74, 6) is -0.700. The van der Waals surface area contributed by atoms with E-state index in [9.17, 15) is 9.59 Å². The Balaban J connectivity index is 1.63. The second-order valence-electron chi connectivity index (χ2n) is 8.95. The monoisotopic (exact) mass is 499 g/mol. The summed E-state index contributed by atoms with van der Waals surface area (Å²) >= 11 is 6.16. The Labute approximate surface area is 214 Å². The molecular weight excluding hydrogens is 474 g/mol. The SMILES string of the molecule is O=C(NC1CCCCC1)[C@H](c1ccc(Cl)cc1)N(C(=O)c1cnccn1)c1cnc2ccccc2c1. The number of carbonyl (C=O) groups excluding carboxylic acids is 2. The molecule has 1 atom stereocenters. The lowest BCUT2D eigenvalue weighted by Gasteiger charge is -2.33. The van der Waals surface area contributed by atoms with Crippen LogP contribution >= 0.6 is 11.6 Å². The number of hydrogen-bond acceptors (Lipinski definition) is 5. The van der Waals surface area contributed by atoms with Crippen molar-refractivity contribution in [2.24, 2.45) is 0 Å². The number of halogens is 1. The van der Waals surface area contributed by atoms with E-state index in [4.69, 9.17) is 11.6 Å². The molecule has 5 rings (SSSR count). The highest BCUT2D eigenvalue weighted by Gasteiger charge is 2.35. The van der Waals surface area contributed by atoms with Gasteiger partial charge in [0.05, 0.1) is 23.6 Å². The van der Waals surface area contributed by atoms with E-state index in [2.05, 4.69) is 20.3 Å². The summed E-state index contributed by atoms with van der Waals surface area (Å²) in [6.07, 6.45) is 11.2. The molecule has 0 unspecified atom stereocenters. The van der Waals surface area contributed by atoms with Crippen LogP contribution in [0.4, 0.5) is 5.69 Å². The van der Waals surface area contributed by atoms with Crippen molar-refractivity contribution in [2.75, 3.05) is 4.90 Å². The van der Waals surface area contributed by atoms with Gasteiger partial charge in [-0.15, -0.1) is 0 Å². The van der Waals surface area contributed by atoms with Gasteiger partial charge in [0.25, 0.3) is 5.91 Å². The van der Waals surface area contributed by atoms with Gasteiger partial charge in [-0.25, -0.2) is 4.98 Å². The fourth-order valence-corrected chi connectivity index (χ4v) is 4.82. The number of nitrogens with one attached hydrogen (secondary N) is 1. The van der Waals surface area contributed by atoms with Crippen LogP contribution in [-0.4, -0.2) is 32.8 Å². The normalized spacial score (nSPS) is 14.8. The minimum absolute atomic E-state index is 0.0734. The zero-order chi connectivity index (χ0) is 24.9. The minimum atomic E-state index is -0.957. The van der Waals surface area contributed by atoms with Gasteiger partial charge < -0.3 is 5.32 Å². The number of hydrogen-bond donors (Lipinski definition) is 1. The van der Waals surface area contributed by atoms with Crippen molar-refractivity contribution in [3.8, 4) is 0 Å². The van der Waals surface area contributed by atoms with Crippen LogP contribution in [0.1, 0.15) is 54.2 Å². The van der Waals surface area contributed by atoms with E-state index in [0.29, 0.717) is 16.3 Å². The average molecular weight is 500 g/mol. The molecule has 7 nitrogen and oxygen atoms in total. The van der Waals surface area contributed by atoms with E-state index in [1.807, 2.05) is 30.3 Å². The van der Waals surface area contributed by atoms with Crippen LogP contribution in [0.5, 0.6) is 0 Å². The molecule has 1 saturated carbocycles. The van der Waals surface area contributed by atoms with Crippen LogP contribution in [0, 0.1) is 0 Å². The molecule has 1 aliphatic carbocycles. The molecule has 4 aromatic rings. The third kappa shape index (κ3) is 5.21. The Morgan fingerprint density at radius 1 is 0.944 bits per heavy atom. The molecule has 2 aromatic heterocycles. The van der Waals surface area contributed by atoms with E-state index < -0.39 is 11.9 Å². The van der Waals surface area contributed by atoms with Crippen molar-refractivity contribution >= 4 is 40.0 Å².